The summed E-state index contributed by atoms with van der Waals surface area (Å²) in [5, 5.41) is 11.4. The zero-order valence-corrected chi connectivity index (χ0v) is 11.7. The van der Waals surface area contributed by atoms with Crippen molar-refractivity contribution in [1.29, 1.82) is 0 Å². The van der Waals surface area contributed by atoms with Gasteiger partial charge in [-0.3, -0.25) is 9.59 Å². The van der Waals surface area contributed by atoms with Gasteiger partial charge in [-0.05, 0) is 25.1 Å². The topological polar surface area (TPSA) is 92.7 Å². The Labute approximate surface area is 120 Å². The number of nitrogens with one attached hydrogen (secondary N) is 1. The Kier molecular flexibility index (Phi) is 6.58. The van der Waals surface area contributed by atoms with E-state index in [-0.39, 0.29) is 28.9 Å². The maximum absolute atomic E-state index is 11.6. The number of carbonyl (C=O) groups excluding carboxylic acids is 2. The van der Waals surface area contributed by atoms with Gasteiger partial charge >= 0.3 is 11.9 Å². The van der Waals surface area contributed by atoms with Crippen molar-refractivity contribution in [3.8, 4) is 0 Å². The zero-order valence-electron chi connectivity index (χ0n) is 10.9. The molecule has 1 aromatic rings. The van der Waals surface area contributed by atoms with Crippen LogP contribution in [0.3, 0.4) is 0 Å². The molecule has 7 heteroatoms. The van der Waals surface area contributed by atoms with E-state index in [9.17, 15) is 14.4 Å². The molecule has 0 aliphatic rings. The molecule has 20 heavy (non-hydrogen) atoms. The lowest BCUT2D eigenvalue weighted by atomic mass is 10.2. The van der Waals surface area contributed by atoms with Crippen LogP contribution in [-0.4, -0.2) is 41.1 Å². The molecule has 0 unspecified atom stereocenters. The van der Waals surface area contributed by atoms with Crippen LogP contribution < -0.4 is 5.32 Å². The molecule has 108 valence electrons. The molecule has 1 amide bonds. The molecule has 2 N–H and O–H groups in total. The summed E-state index contributed by atoms with van der Waals surface area (Å²) in [7, 11) is 0. The highest BCUT2D eigenvalue weighted by Gasteiger charge is 2.08. The molecule has 1 aromatic carbocycles. The number of thioether (sulfide) groups is 1. The number of esters is 1. The van der Waals surface area contributed by atoms with Gasteiger partial charge in [0.1, 0.15) is 0 Å². The Morgan fingerprint density at radius 3 is 2.70 bits per heavy atom. The number of anilines is 1. The van der Waals surface area contributed by atoms with Gasteiger partial charge in [0.05, 0.1) is 23.7 Å². The van der Waals surface area contributed by atoms with E-state index >= 15 is 0 Å². The van der Waals surface area contributed by atoms with Crippen LogP contribution in [0.2, 0.25) is 0 Å². The van der Waals surface area contributed by atoms with Crippen molar-refractivity contribution in [2.45, 2.75) is 6.92 Å². The van der Waals surface area contributed by atoms with E-state index < -0.39 is 5.97 Å². The van der Waals surface area contributed by atoms with Crippen molar-refractivity contribution in [1.82, 2.24) is 0 Å². The van der Waals surface area contributed by atoms with Crippen molar-refractivity contribution in [2.24, 2.45) is 0 Å². The van der Waals surface area contributed by atoms with E-state index in [1.165, 1.54) is 12.1 Å². The normalized spacial score (nSPS) is 9.85. The molecule has 0 saturated carbocycles. The van der Waals surface area contributed by atoms with E-state index in [0.29, 0.717) is 12.3 Å². The average molecular weight is 297 g/mol. The Morgan fingerprint density at radius 1 is 1.30 bits per heavy atom. The molecule has 0 aliphatic heterocycles. The Balaban J connectivity index is 2.41. The monoisotopic (exact) mass is 297 g/mol. The van der Waals surface area contributed by atoms with Gasteiger partial charge in [0.25, 0.3) is 0 Å². The molecule has 0 bridgehead atoms. The molecule has 0 fully saturated rings. The second kappa shape index (κ2) is 8.21. The highest BCUT2D eigenvalue weighted by Crippen LogP contribution is 2.11. The lowest BCUT2D eigenvalue weighted by Gasteiger charge is -2.06. The predicted octanol–water partition coefficient (Wildman–Crippen LogP) is 1.62. The fourth-order valence-corrected chi connectivity index (χ4v) is 1.97. The standard InChI is InChI=1S/C13H15NO5S/c1-2-19-12(16)8-20-7-11(15)14-10-5-3-4-9(6-10)13(17)18/h3-6H,2,7-8H2,1H3,(H,14,15)(H,17,18). The summed E-state index contributed by atoms with van der Waals surface area (Å²) in [6.07, 6.45) is 0. The van der Waals surface area contributed by atoms with Gasteiger partial charge in [-0.2, -0.15) is 0 Å². The molecule has 6 nitrogen and oxygen atoms in total. The van der Waals surface area contributed by atoms with Gasteiger partial charge in [-0.1, -0.05) is 6.07 Å². The average Bonchev–Trinajstić information content (AvgIpc) is 2.39. The van der Waals surface area contributed by atoms with Crippen molar-refractivity contribution in [2.75, 3.05) is 23.4 Å². The van der Waals surface area contributed by atoms with Crippen molar-refractivity contribution >= 4 is 35.3 Å². The van der Waals surface area contributed by atoms with Gasteiger partial charge in [-0.15, -0.1) is 11.8 Å². The molecule has 0 atom stereocenters. The van der Waals surface area contributed by atoms with Crippen LogP contribution in [0.4, 0.5) is 5.69 Å². The van der Waals surface area contributed by atoms with E-state index in [4.69, 9.17) is 9.84 Å². The maximum atomic E-state index is 11.6. The third kappa shape index (κ3) is 5.75. The summed E-state index contributed by atoms with van der Waals surface area (Å²) in [6, 6.07) is 5.95. The highest BCUT2D eigenvalue weighted by atomic mass is 32.2. The number of carboxylic acid groups (broad SMARTS) is 1. The quantitative estimate of drug-likeness (QED) is 0.743. The van der Waals surface area contributed by atoms with Crippen LogP contribution >= 0.6 is 11.8 Å². The van der Waals surface area contributed by atoms with Crippen LogP contribution in [0.25, 0.3) is 0 Å². The summed E-state index contributed by atoms with van der Waals surface area (Å²) in [4.78, 5) is 33.4. The van der Waals surface area contributed by atoms with Crippen molar-refractivity contribution in [3.63, 3.8) is 0 Å². The summed E-state index contributed by atoms with van der Waals surface area (Å²) >= 11 is 1.14. The third-order valence-corrected chi connectivity index (χ3v) is 3.06. The molecule has 0 spiro atoms. The Bertz CT molecular complexity index is 503. The lowest BCUT2D eigenvalue weighted by molar-refractivity contribution is -0.139. The molecular weight excluding hydrogens is 282 g/mol. The first-order valence-corrected chi connectivity index (χ1v) is 7.05. The van der Waals surface area contributed by atoms with Gasteiger partial charge in [0.15, 0.2) is 0 Å². The van der Waals surface area contributed by atoms with Gasteiger partial charge in [-0.25, -0.2) is 4.79 Å². The van der Waals surface area contributed by atoms with Crippen LogP contribution in [0.1, 0.15) is 17.3 Å². The van der Waals surface area contributed by atoms with E-state index in [0.717, 1.165) is 11.8 Å². The number of rotatable bonds is 7. The second-order valence-electron chi connectivity index (χ2n) is 3.73. The lowest BCUT2D eigenvalue weighted by Crippen LogP contribution is -2.16. The molecule has 0 radical (unpaired) electrons. The number of ether oxygens (including phenoxy) is 1. The maximum Gasteiger partial charge on any atom is 0.335 e. The summed E-state index contributed by atoms with van der Waals surface area (Å²) < 4.78 is 4.73. The van der Waals surface area contributed by atoms with Gasteiger partial charge in [0.2, 0.25) is 5.91 Å². The molecule has 0 saturated heterocycles. The number of aromatic carboxylic acids is 1. The smallest absolute Gasteiger partial charge is 0.335 e. The molecule has 0 heterocycles. The first-order valence-electron chi connectivity index (χ1n) is 5.89. The number of amides is 1. The molecule has 1 rings (SSSR count). The molecule has 0 aromatic heterocycles. The number of carbonyl (C=O) groups is 3. The van der Waals surface area contributed by atoms with Crippen LogP contribution in [0, 0.1) is 0 Å². The number of carboxylic acids is 1. The van der Waals surface area contributed by atoms with Crippen LogP contribution in [-0.2, 0) is 14.3 Å². The molecule has 0 aliphatic carbocycles. The van der Waals surface area contributed by atoms with Gasteiger partial charge in [0, 0.05) is 5.69 Å². The summed E-state index contributed by atoms with van der Waals surface area (Å²) in [6.45, 7) is 2.03. The van der Waals surface area contributed by atoms with E-state index in [1.54, 1.807) is 19.1 Å². The minimum atomic E-state index is -1.06. The summed E-state index contributed by atoms with van der Waals surface area (Å²) in [5.41, 5.74) is 0.508. The first kappa shape index (κ1) is 16.0. The molecular formula is C13H15NO5S. The van der Waals surface area contributed by atoms with Gasteiger partial charge < -0.3 is 15.2 Å². The number of hydrogen-bond donors (Lipinski definition) is 2. The fourth-order valence-electron chi connectivity index (χ4n) is 1.36. The Hall–Kier alpha value is -2.02. The predicted molar refractivity (Wildman–Crippen MR) is 76.0 cm³/mol. The zero-order chi connectivity index (χ0) is 15.0. The largest absolute Gasteiger partial charge is 0.478 e. The Morgan fingerprint density at radius 2 is 2.05 bits per heavy atom. The van der Waals surface area contributed by atoms with E-state index in [2.05, 4.69) is 5.32 Å². The second-order valence-corrected chi connectivity index (χ2v) is 4.72. The van der Waals surface area contributed by atoms with Crippen LogP contribution in [0.15, 0.2) is 24.3 Å². The summed E-state index contributed by atoms with van der Waals surface area (Å²) in [5.74, 6) is -1.52. The third-order valence-electron chi connectivity index (χ3n) is 2.15. The van der Waals surface area contributed by atoms with Crippen LogP contribution in [0.5, 0.6) is 0 Å². The highest BCUT2D eigenvalue weighted by molar-refractivity contribution is 8.00. The SMILES string of the molecule is CCOC(=O)CSCC(=O)Nc1cccc(C(=O)O)c1. The van der Waals surface area contributed by atoms with E-state index in [1.807, 2.05) is 0 Å². The van der Waals surface area contributed by atoms with Crippen molar-refractivity contribution < 1.29 is 24.2 Å². The van der Waals surface area contributed by atoms with Crippen molar-refractivity contribution in [3.05, 3.63) is 29.8 Å². The minimum Gasteiger partial charge on any atom is -0.478 e. The fraction of sp³-hybridized carbons (Fsp3) is 0.308. The minimum absolute atomic E-state index is 0.0934. The number of benzene rings is 1. The first-order chi connectivity index (χ1) is 9.52. The number of hydrogen-bond acceptors (Lipinski definition) is 5.